The molecule has 2 aromatic heterocycles. The van der Waals surface area contributed by atoms with Crippen molar-refractivity contribution in [2.45, 2.75) is 18.9 Å². The molecule has 1 amide bonds. The Hall–Kier alpha value is -2.48. The zero-order chi connectivity index (χ0) is 16.2. The van der Waals surface area contributed by atoms with Crippen molar-refractivity contribution in [2.24, 2.45) is 0 Å². The molecule has 0 aliphatic rings. The Morgan fingerprint density at radius 1 is 1.41 bits per heavy atom. The summed E-state index contributed by atoms with van der Waals surface area (Å²) in [5, 5.41) is 12.3. The number of aliphatic carboxylic acids is 1. The minimum absolute atomic E-state index is 0.251. The van der Waals surface area contributed by atoms with E-state index in [0.29, 0.717) is 15.6 Å². The topological polar surface area (TPSA) is 101 Å². The highest BCUT2D eigenvalue weighted by molar-refractivity contribution is 7.15. The summed E-state index contributed by atoms with van der Waals surface area (Å²) in [6, 6.07) is 3.35. The third-order valence-corrected chi connectivity index (χ3v) is 4.05. The Balaban J connectivity index is 2.26. The molecule has 0 fully saturated rings. The Morgan fingerprint density at radius 3 is 2.64 bits per heavy atom. The van der Waals surface area contributed by atoms with Crippen molar-refractivity contribution in [3.63, 3.8) is 0 Å². The van der Waals surface area contributed by atoms with Gasteiger partial charge in [0.25, 0.3) is 11.1 Å². The van der Waals surface area contributed by atoms with Crippen LogP contribution in [0.1, 0.15) is 28.6 Å². The number of hydrogen-bond donors (Lipinski definition) is 2. The standard InChI is InChI=1S/C14H15N3O4S/c1-14(7-11(18)19,9-3-5-15-6-4-9)17-12(20)10-8-16-13(21-2)22-10/h3-6,8H,7H2,1-2H3,(H,17,20)(H,18,19). The van der Waals surface area contributed by atoms with E-state index in [2.05, 4.69) is 15.3 Å². The van der Waals surface area contributed by atoms with Crippen LogP contribution in [0.3, 0.4) is 0 Å². The second-order valence-corrected chi connectivity index (χ2v) is 5.78. The van der Waals surface area contributed by atoms with Gasteiger partial charge >= 0.3 is 5.97 Å². The molecule has 0 radical (unpaired) electrons. The lowest BCUT2D eigenvalue weighted by molar-refractivity contribution is -0.138. The molecule has 116 valence electrons. The van der Waals surface area contributed by atoms with Crippen molar-refractivity contribution in [1.29, 1.82) is 0 Å². The van der Waals surface area contributed by atoms with Crippen LogP contribution in [-0.2, 0) is 10.3 Å². The van der Waals surface area contributed by atoms with Gasteiger partial charge in [0.15, 0.2) is 0 Å². The van der Waals surface area contributed by atoms with Crippen LogP contribution in [0.5, 0.6) is 5.19 Å². The number of methoxy groups -OCH3 is 1. The summed E-state index contributed by atoms with van der Waals surface area (Å²) in [7, 11) is 1.46. The molecule has 0 aliphatic heterocycles. The lowest BCUT2D eigenvalue weighted by Gasteiger charge is -2.29. The number of aromatic nitrogens is 2. The van der Waals surface area contributed by atoms with E-state index in [1.54, 1.807) is 31.5 Å². The van der Waals surface area contributed by atoms with Crippen LogP contribution in [0, 0.1) is 0 Å². The number of ether oxygens (including phenoxy) is 1. The van der Waals surface area contributed by atoms with Gasteiger partial charge in [-0.1, -0.05) is 11.3 Å². The Bertz CT molecular complexity index is 674. The summed E-state index contributed by atoms with van der Waals surface area (Å²) in [5.41, 5.74) is -0.391. The molecule has 2 rings (SSSR count). The number of thiazole rings is 1. The number of carboxylic acids is 1. The third-order valence-electron chi connectivity index (χ3n) is 3.09. The van der Waals surface area contributed by atoms with Crippen LogP contribution in [0.25, 0.3) is 0 Å². The van der Waals surface area contributed by atoms with E-state index in [4.69, 9.17) is 9.84 Å². The molecule has 22 heavy (non-hydrogen) atoms. The lowest BCUT2D eigenvalue weighted by atomic mass is 9.89. The first-order chi connectivity index (χ1) is 10.4. The van der Waals surface area contributed by atoms with Gasteiger partial charge in [0, 0.05) is 12.4 Å². The van der Waals surface area contributed by atoms with E-state index in [9.17, 15) is 9.59 Å². The van der Waals surface area contributed by atoms with Gasteiger partial charge in [0.2, 0.25) is 0 Å². The first kappa shape index (κ1) is 15.9. The third kappa shape index (κ3) is 3.59. The van der Waals surface area contributed by atoms with Gasteiger partial charge in [-0.3, -0.25) is 14.6 Å². The molecule has 2 heterocycles. The van der Waals surface area contributed by atoms with Gasteiger partial charge in [-0.2, -0.15) is 0 Å². The molecular weight excluding hydrogens is 306 g/mol. The highest BCUT2D eigenvalue weighted by Gasteiger charge is 2.32. The Kier molecular flexibility index (Phi) is 4.71. The molecule has 2 N–H and O–H groups in total. The number of pyridine rings is 1. The number of rotatable bonds is 6. The summed E-state index contributed by atoms with van der Waals surface area (Å²) in [6.07, 6.45) is 4.25. The number of nitrogens with zero attached hydrogens (tertiary/aromatic N) is 2. The van der Waals surface area contributed by atoms with Crippen LogP contribution in [-0.4, -0.2) is 34.1 Å². The Morgan fingerprint density at radius 2 is 2.09 bits per heavy atom. The molecular formula is C14H15N3O4S. The zero-order valence-corrected chi connectivity index (χ0v) is 12.9. The normalized spacial score (nSPS) is 13.2. The molecule has 1 atom stereocenters. The number of carbonyl (C=O) groups is 2. The predicted molar refractivity (Wildman–Crippen MR) is 80.0 cm³/mol. The largest absolute Gasteiger partial charge is 0.481 e. The summed E-state index contributed by atoms with van der Waals surface area (Å²) in [5.74, 6) is -1.41. The average Bonchev–Trinajstić information content (AvgIpc) is 2.96. The van der Waals surface area contributed by atoms with Crippen molar-refractivity contribution in [3.8, 4) is 5.19 Å². The monoisotopic (exact) mass is 321 g/mol. The Labute approximate surface area is 131 Å². The molecule has 0 bridgehead atoms. The van der Waals surface area contributed by atoms with E-state index in [0.717, 1.165) is 11.3 Å². The zero-order valence-electron chi connectivity index (χ0n) is 12.1. The average molecular weight is 321 g/mol. The van der Waals surface area contributed by atoms with Gasteiger partial charge in [0.05, 0.1) is 25.3 Å². The maximum absolute atomic E-state index is 12.3. The lowest BCUT2D eigenvalue weighted by Crippen LogP contribution is -2.44. The van der Waals surface area contributed by atoms with Crippen molar-refractivity contribution in [3.05, 3.63) is 41.2 Å². The van der Waals surface area contributed by atoms with E-state index >= 15 is 0 Å². The van der Waals surface area contributed by atoms with Crippen molar-refractivity contribution >= 4 is 23.2 Å². The van der Waals surface area contributed by atoms with Crippen LogP contribution in [0.15, 0.2) is 30.7 Å². The molecule has 8 heteroatoms. The van der Waals surface area contributed by atoms with Gasteiger partial charge < -0.3 is 15.2 Å². The predicted octanol–water partition coefficient (Wildman–Crippen LogP) is 1.67. The van der Waals surface area contributed by atoms with Crippen LogP contribution >= 0.6 is 11.3 Å². The quantitative estimate of drug-likeness (QED) is 0.839. The van der Waals surface area contributed by atoms with Crippen LogP contribution in [0.4, 0.5) is 0 Å². The SMILES string of the molecule is COc1ncc(C(=O)NC(C)(CC(=O)O)c2ccncc2)s1. The summed E-state index contributed by atoms with van der Waals surface area (Å²) < 4.78 is 4.95. The fraction of sp³-hybridized carbons (Fsp3) is 0.286. The minimum atomic E-state index is -1.05. The first-order valence-corrected chi connectivity index (χ1v) is 7.21. The summed E-state index contributed by atoms with van der Waals surface area (Å²) in [6.45, 7) is 1.66. The summed E-state index contributed by atoms with van der Waals surface area (Å²) >= 11 is 1.09. The van der Waals surface area contributed by atoms with Crippen molar-refractivity contribution < 1.29 is 19.4 Å². The second kappa shape index (κ2) is 6.52. The van der Waals surface area contributed by atoms with E-state index in [1.165, 1.54) is 13.3 Å². The number of hydrogen-bond acceptors (Lipinski definition) is 6. The van der Waals surface area contributed by atoms with Gasteiger partial charge in [-0.15, -0.1) is 0 Å². The highest BCUT2D eigenvalue weighted by atomic mass is 32.1. The fourth-order valence-corrected chi connectivity index (χ4v) is 2.64. The maximum Gasteiger partial charge on any atom is 0.306 e. The van der Waals surface area contributed by atoms with E-state index in [1.807, 2.05) is 0 Å². The fourth-order valence-electron chi connectivity index (χ4n) is 2.01. The molecule has 0 saturated carbocycles. The van der Waals surface area contributed by atoms with Gasteiger partial charge in [-0.25, -0.2) is 4.98 Å². The molecule has 2 aromatic rings. The summed E-state index contributed by atoms with van der Waals surface area (Å²) in [4.78, 5) is 31.7. The number of carboxylic acid groups (broad SMARTS) is 1. The molecule has 0 aromatic carbocycles. The molecule has 0 saturated heterocycles. The van der Waals surface area contributed by atoms with E-state index in [-0.39, 0.29) is 6.42 Å². The minimum Gasteiger partial charge on any atom is -0.481 e. The van der Waals surface area contributed by atoms with Crippen LogP contribution in [0.2, 0.25) is 0 Å². The molecule has 1 unspecified atom stereocenters. The van der Waals surface area contributed by atoms with E-state index < -0.39 is 17.4 Å². The molecule has 0 spiro atoms. The van der Waals surface area contributed by atoms with Gasteiger partial charge in [-0.05, 0) is 24.6 Å². The first-order valence-electron chi connectivity index (χ1n) is 6.39. The van der Waals surface area contributed by atoms with Gasteiger partial charge in [0.1, 0.15) is 4.88 Å². The number of amides is 1. The molecule has 0 aliphatic carbocycles. The number of carbonyl (C=O) groups excluding carboxylic acids is 1. The smallest absolute Gasteiger partial charge is 0.306 e. The van der Waals surface area contributed by atoms with Crippen LogP contribution < -0.4 is 10.1 Å². The van der Waals surface area contributed by atoms with Crippen molar-refractivity contribution in [2.75, 3.05) is 7.11 Å². The highest BCUT2D eigenvalue weighted by Crippen LogP contribution is 2.26. The maximum atomic E-state index is 12.3. The number of nitrogens with one attached hydrogen (secondary N) is 1. The molecule has 7 nitrogen and oxygen atoms in total. The second-order valence-electron chi connectivity index (χ2n) is 4.79. The van der Waals surface area contributed by atoms with Crippen molar-refractivity contribution in [1.82, 2.24) is 15.3 Å².